The van der Waals surface area contributed by atoms with Crippen LogP contribution in [0.4, 0.5) is 0 Å². The summed E-state index contributed by atoms with van der Waals surface area (Å²) in [5.41, 5.74) is 2.83. The largest absolute Gasteiger partial charge is 0.389 e. The minimum absolute atomic E-state index is 0.139. The predicted molar refractivity (Wildman–Crippen MR) is 123 cm³/mol. The lowest BCUT2D eigenvalue weighted by Crippen LogP contribution is -2.06. The quantitative estimate of drug-likeness (QED) is 0.196. The van der Waals surface area contributed by atoms with Crippen LogP contribution in [0.15, 0.2) is 23.3 Å². The molecular formula is C23H49ClO2. The van der Waals surface area contributed by atoms with Gasteiger partial charge in [0.15, 0.2) is 5.78 Å². The van der Waals surface area contributed by atoms with Gasteiger partial charge >= 0.3 is 0 Å². The first-order valence-corrected chi connectivity index (χ1v) is 10.9. The molecule has 0 saturated carbocycles. The van der Waals surface area contributed by atoms with E-state index in [4.69, 9.17) is 11.6 Å². The minimum Gasteiger partial charge on any atom is -0.389 e. The molecule has 0 saturated heterocycles. The molecule has 26 heavy (non-hydrogen) atoms. The highest BCUT2D eigenvalue weighted by Crippen LogP contribution is 2.10. The van der Waals surface area contributed by atoms with E-state index in [-0.39, 0.29) is 11.9 Å². The third-order valence-electron chi connectivity index (χ3n) is 3.02. The van der Waals surface area contributed by atoms with E-state index in [1.807, 2.05) is 62.3 Å². The number of carbonyl (C=O) groups excluding carboxylic acids is 1. The smallest absolute Gasteiger partial charge is 0.155 e. The van der Waals surface area contributed by atoms with E-state index in [2.05, 4.69) is 13.5 Å². The highest BCUT2D eigenvalue weighted by molar-refractivity contribution is 6.18. The molecule has 0 radical (unpaired) electrons. The summed E-state index contributed by atoms with van der Waals surface area (Å²) in [5.74, 6) is 0.667. The average molecular weight is 393 g/mol. The zero-order valence-corrected chi connectivity index (χ0v) is 20.5. The molecule has 0 aliphatic rings. The van der Waals surface area contributed by atoms with Crippen molar-refractivity contribution in [3.8, 4) is 0 Å². The summed E-state index contributed by atoms with van der Waals surface area (Å²) in [6, 6.07) is 0. The Kier molecular flexibility index (Phi) is 44.9. The van der Waals surface area contributed by atoms with Gasteiger partial charge in [-0.2, -0.15) is 0 Å². The van der Waals surface area contributed by atoms with Gasteiger partial charge in [-0.1, -0.05) is 85.5 Å². The Balaban J connectivity index is -0.0000000875. The molecule has 0 heterocycles. The Morgan fingerprint density at radius 1 is 0.962 bits per heavy atom. The predicted octanol–water partition coefficient (Wildman–Crippen LogP) is 8.12. The number of unbranched alkanes of at least 4 members (excludes halogenated alkanes) is 2. The van der Waals surface area contributed by atoms with Gasteiger partial charge in [-0.15, -0.1) is 11.6 Å². The van der Waals surface area contributed by atoms with Crippen LogP contribution < -0.4 is 0 Å². The Morgan fingerprint density at radius 3 is 1.58 bits per heavy atom. The number of alkyl halides is 1. The number of hydrogen-bond acceptors (Lipinski definition) is 2. The van der Waals surface area contributed by atoms with Crippen LogP contribution in [0.3, 0.4) is 0 Å². The lowest BCUT2D eigenvalue weighted by atomic mass is 10.1. The standard InChI is InChI=1S/C9H18O.C8H13ClO.3C2H6/c1-4-5-6-7-9(10)8(2)3;1-6(2)8(4-5-9)7(3)10;3*1-2/h9-10H,2,4-7H2,1,3H3;4-5H2,1-3H3;3*1-2H3. The third-order valence-corrected chi connectivity index (χ3v) is 3.21. The Morgan fingerprint density at radius 2 is 1.38 bits per heavy atom. The van der Waals surface area contributed by atoms with Crippen molar-refractivity contribution < 1.29 is 9.90 Å². The number of rotatable bonds is 8. The maximum atomic E-state index is 10.9. The second kappa shape index (κ2) is 32.1. The van der Waals surface area contributed by atoms with E-state index in [0.29, 0.717) is 12.3 Å². The zero-order chi connectivity index (χ0) is 22.1. The second-order valence-electron chi connectivity index (χ2n) is 5.33. The summed E-state index contributed by atoms with van der Waals surface area (Å²) in [4.78, 5) is 10.9. The normalized spacial score (nSPS) is 9.27. The van der Waals surface area contributed by atoms with Gasteiger partial charge in [-0.25, -0.2) is 0 Å². The van der Waals surface area contributed by atoms with Gasteiger partial charge in [-0.05, 0) is 46.1 Å². The van der Waals surface area contributed by atoms with Gasteiger partial charge in [0.1, 0.15) is 0 Å². The molecule has 1 unspecified atom stereocenters. The maximum absolute atomic E-state index is 10.9. The van der Waals surface area contributed by atoms with Crippen molar-refractivity contribution >= 4 is 17.4 Å². The fraction of sp³-hybridized carbons (Fsp3) is 0.783. The first kappa shape index (κ1) is 36.3. The summed E-state index contributed by atoms with van der Waals surface area (Å²) in [5, 5.41) is 9.25. The van der Waals surface area contributed by atoms with Crippen LogP contribution in [0.25, 0.3) is 0 Å². The molecule has 1 atom stereocenters. The summed E-state index contributed by atoms with van der Waals surface area (Å²) in [6.07, 6.45) is 4.84. The third kappa shape index (κ3) is 31.2. The van der Waals surface area contributed by atoms with Gasteiger partial charge in [-0.3, -0.25) is 4.79 Å². The van der Waals surface area contributed by atoms with Crippen molar-refractivity contribution in [1.29, 1.82) is 0 Å². The average Bonchev–Trinajstić information content (AvgIpc) is 2.64. The van der Waals surface area contributed by atoms with E-state index in [0.717, 1.165) is 29.6 Å². The van der Waals surface area contributed by atoms with Crippen LogP contribution in [-0.2, 0) is 4.79 Å². The van der Waals surface area contributed by atoms with Crippen molar-refractivity contribution in [2.75, 3.05) is 5.88 Å². The molecule has 0 amide bonds. The topological polar surface area (TPSA) is 37.3 Å². The van der Waals surface area contributed by atoms with Gasteiger partial charge in [0, 0.05) is 5.88 Å². The van der Waals surface area contributed by atoms with Crippen LogP contribution in [0.2, 0.25) is 0 Å². The van der Waals surface area contributed by atoms with Crippen LogP contribution in [-0.4, -0.2) is 22.9 Å². The monoisotopic (exact) mass is 392 g/mol. The number of allylic oxidation sites excluding steroid dienone is 2. The molecular weight excluding hydrogens is 344 g/mol. The molecule has 0 bridgehead atoms. The van der Waals surface area contributed by atoms with Crippen LogP contribution in [0.1, 0.15) is 108 Å². The van der Waals surface area contributed by atoms with Gasteiger partial charge in [0.25, 0.3) is 0 Å². The van der Waals surface area contributed by atoms with Crippen LogP contribution in [0, 0.1) is 0 Å². The number of carbonyl (C=O) groups is 1. The highest BCUT2D eigenvalue weighted by atomic mass is 35.5. The number of aliphatic hydroxyl groups excluding tert-OH is 1. The van der Waals surface area contributed by atoms with Crippen molar-refractivity contribution in [2.45, 2.75) is 114 Å². The SMILES string of the molecule is C=C(C)C(O)CCCCC.CC.CC.CC.CC(=O)C(CCCl)=C(C)C. The van der Waals surface area contributed by atoms with Gasteiger partial charge in [0.2, 0.25) is 0 Å². The zero-order valence-electron chi connectivity index (χ0n) is 19.8. The molecule has 0 fully saturated rings. The summed E-state index contributed by atoms with van der Waals surface area (Å²) in [6.45, 7) is 25.2. The number of Topliss-reactive ketones (excluding diaryl/α,β-unsaturated/α-hetero) is 1. The summed E-state index contributed by atoms with van der Waals surface area (Å²) in [7, 11) is 0. The van der Waals surface area contributed by atoms with Gasteiger partial charge < -0.3 is 5.11 Å². The second-order valence-corrected chi connectivity index (χ2v) is 5.71. The number of halogens is 1. The van der Waals surface area contributed by atoms with Crippen LogP contribution in [0.5, 0.6) is 0 Å². The molecule has 0 aromatic carbocycles. The van der Waals surface area contributed by atoms with Crippen molar-refractivity contribution in [3.63, 3.8) is 0 Å². The van der Waals surface area contributed by atoms with Crippen molar-refractivity contribution in [2.24, 2.45) is 0 Å². The van der Waals surface area contributed by atoms with E-state index in [1.54, 1.807) is 6.92 Å². The molecule has 2 nitrogen and oxygen atoms in total. The van der Waals surface area contributed by atoms with Crippen molar-refractivity contribution in [3.05, 3.63) is 23.3 Å². The molecule has 0 spiro atoms. The number of hydrogen-bond donors (Lipinski definition) is 1. The molecule has 160 valence electrons. The fourth-order valence-corrected chi connectivity index (χ4v) is 1.90. The van der Waals surface area contributed by atoms with Crippen LogP contribution >= 0.6 is 11.6 Å². The lowest BCUT2D eigenvalue weighted by molar-refractivity contribution is -0.113. The fourth-order valence-electron chi connectivity index (χ4n) is 1.71. The summed E-state index contributed by atoms with van der Waals surface area (Å²) < 4.78 is 0. The molecule has 0 rings (SSSR count). The lowest BCUT2D eigenvalue weighted by Gasteiger charge is -2.08. The van der Waals surface area contributed by atoms with E-state index in [9.17, 15) is 9.90 Å². The van der Waals surface area contributed by atoms with Crippen molar-refractivity contribution in [1.82, 2.24) is 0 Å². The first-order chi connectivity index (χ1) is 12.3. The number of aliphatic hydroxyl groups is 1. The maximum Gasteiger partial charge on any atom is 0.155 e. The Bertz CT molecular complexity index is 316. The molecule has 0 aromatic heterocycles. The Hall–Kier alpha value is -0.600. The summed E-state index contributed by atoms with van der Waals surface area (Å²) >= 11 is 5.50. The molecule has 1 N–H and O–H groups in total. The molecule has 0 aliphatic carbocycles. The van der Waals surface area contributed by atoms with E-state index < -0.39 is 0 Å². The molecule has 0 aliphatic heterocycles. The highest BCUT2D eigenvalue weighted by Gasteiger charge is 2.03. The van der Waals surface area contributed by atoms with E-state index >= 15 is 0 Å². The molecule has 0 aromatic rings. The van der Waals surface area contributed by atoms with E-state index in [1.165, 1.54) is 12.8 Å². The minimum atomic E-state index is -0.272. The first-order valence-electron chi connectivity index (χ1n) is 10.3. The van der Waals surface area contributed by atoms with Gasteiger partial charge in [0.05, 0.1) is 6.10 Å². The Labute approximate surface area is 171 Å². The number of ketones is 1. The molecule has 3 heteroatoms.